The molecule has 7 rings (SSSR count). The van der Waals surface area contributed by atoms with Gasteiger partial charge in [-0.05, 0) is 24.0 Å². The molecule has 0 amide bonds. The number of imidazole rings is 1. The fourth-order valence-corrected chi connectivity index (χ4v) is 5.15. The number of anilines is 1. The van der Waals surface area contributed by atoms with Crippen LogP contribution in [0.4, 0.5) is 5.69 Å². The average molecular weight is 440 g/mol. The normalized spacial score (nSPS) is 21.7. The van der Waals surface area contributed by atoms with Gasteiger partial charge in [0.15, 0.2) is 17.0 Å². The van der Waals surface area contributed by atoms with Gasteiger partial charge in [0.25, 0.3) is 5.56 Å². The zero-order chi connectivity index (χ0) is 22.1. The van der Waals surface area contributed by atoms with Crippen molar-refractivity contribution in [3.8, 4) is 0 Å². The van der Waals surface area contributed by atoms with E-state index < -0.39 is 0 Å². The van der Waals surface area contributed by atoms with Crippen LogP contribution in [0.3, 0.4) is 0 Å². The Hall–Kier alpha value is -4.08. The highest BCUT2D eigenvalue weighted by atomic mass is 16.5. The predicted octanol–water partition coefficient (Wildman–Crippen LogP) is 1.96. The maximum Gasteiger partial charge on any atom is 0.280 e. The molecular weight excluding hydrogens is 420 g/mol. The Morgan fingerprint density at radius 2 is 1.91 bits per heavy atom. The molecule has 0 spiro atoms. The van der Waals surface area contributed by atoms with Crippen LogP contribution >= 0.6 is 0 Å². The molecule has 3 atom stereocenters. The molecule has 4 aromatic heterocycles. The number of benzene rings is 1. The molecule has 2 aliphatic rings. The molecule has 10 nitrogen and oxygen atoms in total. The molecule has 0 N–H and O–H groups in total. The fourth-order valence-electron chi connectivity index (χ4n) is 5.15. The van der Waals surface area contributed by atoms with E-state index in [1.807, 2.05) is 24.4 Å². The van der Waals surface area contributed by atoms with Gasteiger partial charge in [-0.1, -0.05) is 23.4 Å². The number of nitrogens with zero attached hydrogens (tertiary/aromatic N) is 8. The molecule has 0 radical (unpaired) electrons. The second kappa shape index (κ2) is 6.71. The molecule has 1 aromatic carbocycles. The highest BCUT2D eigenvalue weighted by molar-refractivity contribution is 5.81. The quantitative estimate of drug-likeness (QED) is 0.417. The molecular formula is C23H20N8O2. The Bertz CT molecular complexity index is 1570. The van der Waals surface area contributed by atoms with Gasteiger partial charge in [-0.25, -0.2) is 9.97 Å². The van der Waals surface area contributed by atoms with E-state index in [4.69, 9.17) is 4.52 Å². The zero-order valence-electron chi connectivity index (χ0n) is 17.9. The van der Waals surface area contributed by atoms with Crippen LogP contribution in [0.25, 0.3) is 22.1 Å². The van der Waals surface area contributed by atoms with Gasteiger partial charge >= 0.3 is 0 Å². The molecule has 5 heterocycles. The minimum absolute atomic E-state index is 0.178. The Balaban J connectivity index is 1.06. The molecule has 1 aliphatic heterocycles. The molecule has 1 aliphatic carbocycles. The van der Waals surface area contributed by atoms with E-state index in [2.05, 4.69) is 42.1 Å². The summed E-state index contributed by atoms with van der Waals surface area (Å²) < 4.78 is 8.62. The van der Waals surface area contributed by atoms with E-state index in [0.717, 1.165) is 35.5 Å². The standard InChI is InChI=1S/C23H20N8O2/c1-29-11-25-22-20(29)23(32)31(12-26-22)10-18-27-21(28-33-18)19-15-8-30(9-16(15)19)14-6-13-4-2-3-5-17(13)24-7-14/h2-7,11-12,15-16,19H,8-10H2,1H3/t15-,16+,19?. The summed E-state index contributed by atoms with van der Waals surface area (Å²) in [5, 5.41) is 5.38. The lowest BCUT2D eigenvalue weighted by molar-refractivity contribution is 0.363. The summed E-state index contributed by atoms with van der Waals surface area (Å²) in [5.74, 6) is 2.48. The van der Waals surface area contributed by atoms with Gasteiger partial charge in [0.05, 0.1) is 23.7 Å². The van der Waals surface area contributed by atoms with Crippen LogP contribution in [0.1, 0.15) is 17.6 Å². The molecule has 5 aromatic rings. The number of hydrogen-bond donors (Lipinski definition) is 0. The van der Waals surface area contributed by atoms with Gasteiger partial charge in [0.2, 0.25) is 5.89 Å². The van der Waals surface area contributed by atoms with Crippen molar-refractivity contribution in [1.82, 2.24) is 34.2 Å². The molecule has 1 saturated heterocycles. The molecule has 2 fully saturated rings. The van der Waals surface area contributed by atoms with Gasteiger partial charge < -0.3 is 14.0 Å². The maximum atomic E-state index is 12.7. The van der Waals surface area contributed by atoms with Gasteiger partial charge in [-0.2, -0.15) is 4.98 Å². The Kier molecular flexibility index (Phi) is 3.76. The lowest BCUT2D eigenvalue weighted by Crippen LogP contribution is -2.24. The smallest absolute Gasteiger partial charge is 0.280 e. The molecule has 1 saturated carbocycles. The van der Waals surface area contributed by atoms with Crippen LogP contribution in [0, 0.1) is 11.8 Å². The van der Waals surface area contributed by atoms with Crippen molar-refractivity contribution in [2.75, 3.05) is 18.0 Å². The Morgan fingerprint density at radius 3 is 2.79 bits per heavy atom. The van der Waals surface area contributed by atoms with Crippen molar-refractivity contribution in [3.05, 3.63) is 71.3 Å². The largest absolute Gasteiger partial charge is 0.370 e. The number of rotatable bonds is 4. The van der Waals surface area contributed by atoms with Crippen LogP contribution in [0.15, 0.2) is 58.5 Å². The first-order chi connectivity index (χ1) is 16.2. The number of hydrogen-bond acceptors (Lipinski definition) is 8. The van der Waals surface area contributed by atoms with Crippen LogP contribution in [0.5, 0.6) is 0 Å². The molecule has 0 bridgehead atoms. The van der Waals surface area contributed by atoms with Crippen LogP contribution in [-0.4, -0.2) is 47.3 Å². The highest BCUT2D eigenvalue weighted by Crippen LogP contribution is 2.57. The monoisotopic (exact) mass is 440 g/mol. The summed E-state index contributed by atoms with van der Waals surface area (Å²) >= 11 is 0. The van der Waals surface area contributed by atoms with Crippen LogP contribution in [-0.2, 0) is 13.6 Å². The second-order valence-electron chi connectivity index (χ2n) is 8.90. The number of pyridine rings is 1. The molecule has 164 valence electrons. The summed E-state index contributed by atoms with van der Waals surface area (Å²) in [7, 11) is 1.77. The Morgan fingerprint density at radius 1 is 1.09 bits per heavy atom. The van der Waals surface area contributed by atoms with E-state index in [0.29, 0.717) is 34.8 Å². The molecule has 1 unspecified atom stereocenters. The van der Waals surface area contributed by atoms with Crippen molar-refractivity contribution >= 4 is 27.8 Å². The minimum Gasteiger partial charge on any atom is -0.370 e. The summed E-state index contributed by atoms with van der Waals surface area (Å²) in [5.41, 5.74) is 2.88. The first-order valence-electron chi connectivity index (χ1n) is 10.9. The van der Waals surface area contributed by atoms with Crippen molar-refractivity contribution in [2.24, 2.45) is 18.9 Å². The van der Waals surface area contributed by atoms with E-state index in [1.165, 1.54) is 10.9 Å². The second-order valence-corrected chi connectivity index (χ2v) is 8.90. The summed E-state index contributed by atoms with van der Waals surface area (Å²) in [6, 6.07) is 10.4. The van der Waals surface area contributed by atoms with Gasteiger partial charge in [-0.15, -0.1) is 0 Å². The van der Waals surface area contributed by atoms with E-state index >= 15 is 0 Å². The van der Waals surface area contributed by atoms with Crippen molar-refractivity contribution < 1.29 is 4.52 Å². The van der Waals surface area contributed by atoms with Crippen molar-refractivity contribution in [2.45, 2.75) is 12.5 Å². The summed E-state index contributed by atoms with van der Waals surface area (Å²) in [6.07, 6.45) is 5.01. The number of fused-ring (bicyclic) bond motifs is 3. The SMILES string of the molecule is Cn1cnc2ncn(Cc3nc(C4[C@H]5CN(c6cnc7ccccc7c6)C[C@@H]45)no3)c(=O)c21. The summed E-state index contributed by atoms with van der Waals surface area (Å²) in [4.78, 5) is 32.7. The number of piperidine rings is 1. The predicted molar refractivity (Wildman–Crippen MR) is 120 cm³/mol. The number of para-hydroxylation sites is 1. The fraction of sp³-hybridized carbons (Fsp3) is 0.304. The third-order valence-electron chi connectivity index (χ3n) is 6.92. The third-order valence-corrected chi connectivity index (χ3v) is 6.92. The zero-order valence-corrected chi connectivity index (χ0v) is 17.9. The van der Waals surface area contributed by atoms with Gasteiger partial charge in [0, 0.05) is 31.4 Å². The highest BCUT2D eigenvalue weighted by Gasteiger charge is 2.58. The van der Waals surface area contributed by atoms with E-state index in [1.54, 1.807) is 17.9 Å². The minimum atomic E-state index is -0.178. The first kappa shape index (κ1) is 18.5. The van der Waals surface area contributed by atoms with E-state index in [-0.39, 0.29) is 12.1 Å². The number of aryl methyl sites for hydroxylation is 1. The maximum absolute atomic E-state index is 12.7. The lowest BCUT2D eigenvalue weighted by Gasteiger charge is -2.21. The van der Waals surface area contributed by atoms with Gasteiger partial charge in [0.1, 0.15) is 12.9 Å². The van der Waals surface area contributed by atoms with Gasteiger partial charge in [-0.3, -0.25) is 14.3 Å². The van der Waals surface area contributed by atoms with Crippen LogP contribution in [0.2, 0.25) is 0 Å². The van der Waals surface area contributed by atoms with E-state index in [9.17, 15) is 4.79 Å². The molecule has 10 heteroatoms. The van der Waals surface area contributed by atoms with Crippen molar-refractivity contribution in [1.29, 1.82) is 0 Å². The topological polar surface area (TPSA) is 108 Å². The molecule has 33 heavy (non-hydrogen) atoms. The summed E-state index contributed by atoms with van der Waals surface area (Å²) in [6.45, 7) is 2.11. The first-order valence-corrected chi connectivity index (χ1v) is 10.9. The lowest BCUT2D eigenvalue weighted by atomic mass is 10.2. The number of aromatic nitrogens is 7. The average Bonchev–Trinajstić information content (AvgIpc) is 3.24. The van der Waals surface area contributed by atoms with Crippen LogP contribution < -0.4 is 10.5 Å². The van der Waals surface area contributed by atoms with Crippen molar-refractivity contribution in [3.63, 3.8) is 0 Å². The Labute approximate surface area is 187 Å². The third kappa shape index (κ3) is 2.86.